The highest BCUT2D eigenvalue weighted by molar-refractivity contribution is 9.10. The van der Waals surface area contributed by atoms with Crippen LogP contribution >= 0.6 is 15.9 Å². The summed E-state index contributed by atoms with van der Waals surface area (Å²) in [6.07, 6.45) is 5.69. The van der Waals surface area contributed by atoms with Crippen LogP contribution in [0.2, 0.25) is 0 Å². The topological polar surface area (TPSA) is 44.5 Å². The van der Waals surface area contributed by atoms with Gasteiger partial charge in [0.05, 0.1) is 18.2 Å². The monoisotopic (exact) mass is 327 g/mol. The van der Waals surface area contributed by atoms with Crippen LogP contribution in [0.1, 0.15) is 44.6 Å². The molecule has 0 heterocycles. The summed E-state index contributed by atoms with van der Waals surface area (Å²) < 4.78 is 12.0. The molecule has 2 N–H and O–H groups in total. The summed E-state index contributed by atoms with van der Waals surface area (Å²) in [7, 11) is 1.66. The van der Waals surface area contributed by atoms with Gasteiger partial charge in [0.15, 0.2) is 0 Å². The van der Waals surface area contributed by atoms with Crippen molar-refractivity contribution in [3.63, 3.8) is 0 Å². The molecule has 106 valence electrons. The zero-order valence-electron chi connectivity index (χ0n) is 11.7. The van der Waals surface area contributed by atoms with Crippen LogP contribution in [0.15, 0.2) is 16.6 Å². The Morgan fingerprint density at radius 2 is 1.89 bits per heavy atom. The average molecular weight is 328 g/mol. The van der Waals surface area contributed by atoms with E-state index in [1.54, 1.807) is 7.11 Å². The minimum Gasteiger partial charge on any atom is -0.495 e. The van der Waals surface area contributed by atoms with E-state index in [1.807, 2.05) is 13.0 Å². The summed E-state index contributed by atoms with van der Waals surface area (Å²) in [5.74, 6) is 1.64. The highest BCUT2D eigenvalue weighted by atomic mass is 79.9. The highest BCUT2D eigenvalue weighted by Gasteiger charge is 2.33. The van der Waals surface area contributed by atoms with E-state index in [-0.39, 0.29) is 5.54 Å². The molecule has 3 nitrogen and oxygen atoms in total. The SMILES string of the molecule is CCOc1cc(OC)c(Br)cc1C1(N)CCCCC1. The molecule has 1 aliphatic carbocycles. The Kier molecular flexibility index (Phi) is 4.74. The second-order valence-corrected chi connectivity index (χ2v) is 5.99. The Labute approximate surface area is 123 Å². The van der Waals surface area contributed by atoms with Gasteiger partial charge in [0.2, 0.25) is 0 Å². The van der Waals surface area contributed by atoms with Gasteiger partial charge in [-0.15, -0.1) is 0 Å². The number of methoxy groups -OCH3 is 1. The van der Waals surface area contributed by atoms with Crippen molar-refractivity contribution in [3.05, 3.63) is 22.2 Å². The van der Waals surface area contributed by atoms with E-state index in [0.29, 0.717) is 6.61 Å². The predicted molar refractivity (Wildman–Crippen MR) is 80.8 cm³/mol. The summed E-state index contributed by atoms with van der Waals surface area (Å²) in [5, 5.41) is 0. The Morgan fingerprint density at radius 3 is 2.47 bits per heavy atom. The largest absolute Gasteiger partial charge is 0.495 e. The van der Waals surface area contributed by atoms with Gasteiger partial charge in [0.25, 0.3) is 0 Å². The van der Waals surface area contributed by atoms with Crippen LogP contribution in [0, 0.1) is 0 Å². The standard InChI is InChI=1S/C15H22BrNO2/c1-3-19-13-10-14(18-2)12(16)9-11(13)15(17)7-5-4-6-8-15/h9-10H,3-8,17H2,1-2H3. The van der Waals surface area contributed by atoms with Crippen molar-refractivity contribution in [2.75, 3.05) is 13.7 Å². The molecule has 0 atom stereocenters. The lowest BCUT2D eigenvalue weighted by atomic mass is 9.77. The quantitative estimate of drug-likeness (QED) is 0.909. The molecule has 0 aromatic heterocycles. The average Bonchev–Trinajstić information content (AvgIpc) is 2.41. The van der Waals surface area contributed by atoms with Gasteiger partial charge < -0.3 is 15.2 Å². The molecule has 1 aromatic rings. The smallest absolute Gasteiger partial charge is 0.136 e. The van der Waals surface area contributed by atoms with E-state index in [1.165, 1.54) is 19.3 Å². The summed E-state index contributed by atoms with van der Waals surface area (Å²) in [6, 6.07) is 4.00. The fraction of sp³-hybridized carbons (Fsp3) is 0.600. The molecule has 0 radical (unpaired) electrons. The molecule has 0 bridgehead atoms. The van der Waals surface area contributed by atoms with E-state index in [0.717, 1.165) is 34.4 Å². The van der Waals surface area contributed by atoms with Crippen LogP contribution in [0.25, 0.3) is 0 Å². The zero-order valence-corrected chi connectivity index (χ0v) is 13.3. The minimum atomic E-state index is -0.266. The van der Waals surface area contributed by atoms with Crippen LogP contribution < -0.4 is 15.2 Å². The predicted octanol–water partition coefficient (Wildman–Crippen LogP) is 3.97. The molecule has 1 saturated carbocycles. The first kappa shape index (κ1) is 14.7. The normalized spacial score (nSPS) is 18.1. The van der Waals surface area contributed by atoms with Gasteiger partial charge in [0, 0.05) is 17.2 Å². The number of halogens is 1. The van der Waals surface area contributed by atoms with Crippen LogP contribution in [0.4, 0.5) is 0 Å². The molecule has 1 aromatic carbocycles. The third-order valence-electron chi connectivity index (χ3n) is 3.84. The third-order valence-corrected chi connectivity index (χ3v) is 4.46. The molecule has 4 heteroatoms. The van der Waals surface area contributed by atoms with Crippen LogP contribution in [0.3, 0.4) is 0 Å². The Bertz CT molecular complexity index is 442. The Hall–Kier alpha value is -0.740. The third kappa shape index (κ3) is 3.06. The maximum absolute atomic E-state index is 6.63. The maximum Gasteiger partial charge on any atom is 0.136 e. The molecular formula is C15H22BrNO2. The van der Waals surface area contributed by atoms with E-state index in [9.17, 15) is 0 Å². The zero-order chi connectivity index (χ0) is 13.9. The minimum absolute atomic E-state index is 0.266. The van der Waals surface area contributed by atoms with E-state index >= 15 is 0 Å². The molecule has 0 unspecified atom stereocenters. The van der Waals surface area contributed by atoms with Gasteiger partial charge in [-0.25, -0.2) is 0 Å². The summed E-state index contributed by atoms with van der Waals surface area (Å²) in [4.78, 5) is 0. The van der Waals surface area contributed by atoms with Gasteiger partial charge in [-0.1, -0.05) is 19.3 Å². The fourth-order valence-electron chi connectivity index (χ4n) is 2.81. The maximum atomic E-state index is 6.63. The molecule has 0 spiro atoms. The van der Waals surface area contributed by atoms with Crippen molar-refractivity contribution >= 4 is 15.9 Å². The van der Waals surface area contributed by atoms with Gasteiger partial charge in [-0.2, -0.15) is 0 Å². The first-order chi connectivity index (χ1) is 9.10. The molecule has 0 amide bonds. The molecule has 1 fully saturated rings. The Morgan fingerprint density at radius 1 is 1.21 bits per heavy atom. The van der Waals surface area contributed by atoms with Crippen LogP contribution in [-0.4, -0.2) is 13.7 Å². The lowest BCUT2D eigenvalue weighted by Crippen LogP contribution is -2.39. The molecule has 1 aliphatic rings. The lowest BCUT2D eigenvalue weighted by Gasteiger charge is -2.35. The number of rotatable bonds is 4. The van der Waals surface area contributed by atoms with Crippen molar-refractivity contribution in [2.45, 2.75) is 44.6 Å². The van der Waals surface area contributed by atoms with Crippen molar-refractivity contribution in [1.82, 2.24) is 0 Å². The number of benzene rings is 1. The molecule has 0 aliphatic heterocycles. The number of hydrogen-bond donors (Lipinski definition) is 1. The number of nitrogens with two attached hydrogens (primary N) is 1. The summed E-state index contributed by atoms with van der Waals surface area (Å²) in [5.41, 5.74) is 7.46. The molecular weight excluding hydrogens is 306 g/mol. The highest BCUT2D eigenvalue weighted by Crippen LogP contribution is 2.43. The lowest BCUT2D eigenvalue weighted by molar-refractivity contribution is 0.275. The van der Waals surface area contributed by atoms with Gasteiger partial charge in [0.1, 0.15) is 11.5 Å². The molecule has 2 rings (SSSR count). The van der Waals surface area contributed by atoms with E-state index in [2.05, 4.69) is 22.0 Å². The molecule has 0 saturated heterocycles. The van der Waals surface area contributed by atoms with E-state index < -0.39 is 0 Å². The van der Waals surface area contributed by atoms with Crippen molar-refractivity contribution in [2.24, 2.45) is 5.73 Å². The van der Waals surface area contributed by atoms with Gasteiger partial charge >= 0.3 is 0 Å². The van der Waals surface area contributed by atoms with Gasteiger partial charge in [-0.3, -0.25) is 0 Å². The summed E-state index contributed by atoms with van der Waals surface area (Å²) in [6.45, 7) is 2.62. The molecule has 19 heavy (non-hydrogen) atoms. The first-order valence-electron chi connectivity index (χ1n) is 6.90. The second kappa shape index (κ2) is 6.14. The van der Waals surface area contributed by atoms with Gasteiger partial charge in [-0.05, 0) is 41.8 Å². The fourth-order valence-corrected chi connectivity index (χ4v) is 3.31. The van der Waals surface area contributed by atoms with Crippen molar-refractivity contribution in [3.8, 4) is 11.5 Å². The van der Waals surface area contributed by atoms with Crippen molar-refractivity contribution in [1.29, 1.82) is 0 Å². The Balaban J connectivity index is 2.44. The van der Waals surface area contributed by atoms with E-state index in [4.69, 9.17) is 15.2 Å². The number of ether oxygens (including phenoxy) is 2. The van der Waals surface area contributed by atoms with Crippen LogP contribution in [0.5, 0.6) is 11.5 Å². The first-order valence-corrected chi connectivity index (χ1v) is 7.69. The second-order valence-electron chi connectivity index (χ2n) is 5.13. The van der Waals surface area contributed by atoms with Crippen LogP contribution in [-0.2, 0) is 5.54 Å². The van der Waals surface area contributed by atoms with Crippen molar-refractivity contribution < 1.29 is 9.47 Å². The summed E-state index contributed by atoms with van der Waals surface area (Å²) >= 11 is 3.55. The number of hydrogen-bond acceptors (Lipinski definition) is 3.